The van der Waals surface area contributed by atoms with E-state index in [9.17, 15) is 9.70 Å². The average Bonchev–Trinajstić information content (AvgIpc) is 2.63. The predicted octanol–water partition coefficient (Wildman–Crippen LogP) is 0.262. The number of aliphatic imine (C=N–C) groups is 1. The summed E-state index contributed by atoms with van der Waals surface area (Å²) in [5, 5.41) is 5.65. The first-order valence-corrected chi connectivity index (χ1v) is 8.64. The van der Waals surface area contributed by atoms with Crippen molar-refractivity contribution < 1.29 is 9.53 Å². The summed E-state index contributed by atoms with van der Waals surface area (Å²) in [7, 11) is 0. The largest absolute Gasteiger partial charge is 0.494 e. The minimum absolute atomic E-state index is 0.0510. The highest BCUT2D eigenvalue weighted by Crippen LogP contribution is 2.14. The van der Waals surface area contributed by atoms with E-state index >= 15 is 0 Å². The van der Waals surface area contributed by atoms with E-state index in [2.05, 4.69) is 15.5 Å². The second-order valence-corrected chi connectivity index (χ2v) is 5.76. The molecule has 0 aliphatic rings. The summed E-state index contributed by atoms with van der Waals surface area (Å²) >= 11 is 0. The molecule has 0 fully saturated rings. The van der Waals surface area contributed by atoms with Gasteiger partial charge in [-0.3, -0.25) is 9.79 Å². The van der Waals surface area contributed by atoms with Crippen molar-refractivity contribution >= 4 is 11.9 Å². The first-order valence-electron chi connectivity index (χ1n) is 8.64. The van der Waals surface area contributed by atoms with Gasteiger partial charge in [0.15, 0.2) is 12.0 Å². The lowest BCUT2D eigenvalue weighted by atomic mass is 10.1. The molecule has 0 radical (unpaired) electrons. The summed E-state index contributed by atoms with van der Waals surface area (Å²) in [5.74, 6) is 0.392. The number of carbonyl (C=O) groups is 1. The molecule has 1 aromatic carbocycles. The van der Waals surface area contributed by atoms with Crippen LogP contribution < -0.4 is 27.3 Å². The van der Waals surface area contributed by atoms with E-state index in [4.69, 9.17) is 21.9 Å². The van der Waals surface area contributed by atoms with Gasteiger partial charge in [0.25, 0.3) is 0 Å². The lowest BCUT2D eigenvalue weighted by Crippen LogP contribution is -2.35. The standard InChI is InChI=1S/C17H28N6O3/c18-8-3-11-26-14-6-4-13(5-7-14)12-15(23-25)16(24)21-9-1-2-10-22-17(19)20/h4-7,15H,1-3,8-12,18H2,(H,21,24)(H4,19,20,22). The molecule has 9 heteroatoms. The van der Waals surface area contributed by atoms with Crippen LogP contribution in [-0.2, 0) is 11.2 Å². The molecule has 0 spiro atoms. The second kappa shape index (κ2) is 12.6. The number of hydrogen-bond acceptors (Lipinski definition) is 6. The number of hydrogen-bond donors (Lipinski definition) is 4. The molecule has 0 aliphatic heterocycles. The Morgan fingerprint density at radius 1 is 1.15 bits per heavy atom. The van der Waals surface area contributed by atoms with E-state index in [-0.39, 0.29) is 18.3 Å². The van der Waals surface area contributed by atoms with Gasteiger partial charge in [0.05, 0.1) is 6.61 Å². The Balaban J connectivity index is 2.37. The number of nitrogens with one attached hydrogen (secondary N) is 1. The SMILES string of the molecule is NCCCOc1ccc(CC(N=O)C(=O)NCCCCN=C(N)N)cc1. The maximum atomic E-state index is 12.1. The highest BCUT2D eigenvalue weighted by atomic mass is 16.5. The summed E-state index contributed by atoms with van der Waals surface area (Å²) in [6.45, 7) is 2.08. The van der Waals surface area contributed by atoms with Gasteiger partial charge in [0, 0.05) is 19.5 Å². The van der Waals surface area contributed by atoms with Crippen molar-refractivity contribution in [3.63, 3.8) is 0 Å². The third-order valence-electron chi connectivity index (χ3n) is 3.58. The third kappa shape index (κ3) is 8.97. The molecule has 0 saturated heterocycles. The van der Waals surface area contributed by atoms with Gasteiger partial charge in [0.2, 0.25) is 5.91 Å². The van der Waals surface area contributed by atoms with Gasteiger partial charge in [-0.1, -0.05) is 17.3 Å². The van der Waals surface area contributed by atoms with Gasteiger partial charge < -0.3 is 27.3 Å². The minimum Gasteiger partial charge on any atom is -0.494 e. The molecule has 0 heterocycles. The molecular weight excluding hydrogens is 336 g/mol. The number of rotatable bonds is 13. The fourth-order valence-electron chi connectivity index (χ4n) is 2.17. The Morgan fingerprint density at radius 2 is 1.88 bits per heavy atom. The zero-order valence-corrected chi connectivity index (χ0v) is 14.9. The second-order valence-electron chi connectivity index (χ2n) is 5.76. The number of unbranched alkanes of at least 4 members (excludes halogenated alkanes) is 1. The Morgan fingerprint density at radius 3 is 2.50 bits per heavy atom. The molecule has 1 atom stereocenters. The van der Waals surface area contributed by atoms with Gasteiger partial charge >= 0.3 is 0 Å². The van der Waals surface area contributed by atoms with E-state index in [1.54, 1.807) is 12.1 Å². The van der Waals surface area contributed by atoms with Crippen molar-refractivity contribution in [1.29, 1.82) is 0 Å². The molecule has 0 aliphatic carbocycles. The van der Waals surface area contributed by atoms with Crippen LogP contribution in [0.2, 0.25) is 0 Å². The third-order valence-corrected chi connectivity index (χ3v) is 3.58. The number of guanidine groups is 1. The molecule has 26 heavy (non-hydrogen) atoms. The lowest BCUT2D eigenvalue weighted by Gasteiger charge is -2.11. The van der Waals surface area contributed by atoms with Gasteiger partial charge in [-0.15, -0.1) is 4.91 Å². The van der Waals surface area contributed by atoms with Crippen LogP contribution in [0.15, 0.2) is 34.4 Å². The molecule has 1 unspecified atom stereocenters. The highest BCUT2D eigenvalue weighted by Gasteiger charge is 2.19. The number of carbonyl (C=O) groups excluding carboxylic acids is 1. The molecular formula is C17H28N6O3. The number of benzene rings is 1. The number of nitroso groups, excluding NO2 is 1. The number of nitrogens with two attached hydrogens (primary N) is 3. The quantitative estimate of drug-likeness (QED) is 0.170. The molecule has 9 nitrogen and oxygen atoms in total. The van der Waals surface area contributed by atoms with Crippen molar-refractivity contribution in [3.8, 4) is 5.75 Å². The van der Waals surface area contributed by atoms with Crippen molar-refractivity contribution in [2.75, 3.05) is 26.2 Å². The van der Waals surface area contributed by atoms with E-state index in [0.717, 1.165) is 24.2 Å². The van der Waals surface area contributed by atoms with Crippen LogP contribution in [-0.4, -0.2) is 44.1 Å². The molecule has 1 aromatic rings. The van der Waals surface area contributed by atoms with Crippen LogP contribution in [0.25, 0.3) is 0 Å². The Kier molecular flexibility index (Phi) is 10.4. The van der Waals surface area contributed by atoms with Crippen LogP contribution in [0.3, 0.4) is 0 Å². The van der Waals surface area contributed by atoms with E-state index in [0.29, 0.717) is 32.7 Å². The maximum absolute atomic E-state index is 12.1. The van der Waals surface area contributed by atoms with Gasteiger partial charge in [-0.25, -0.2) is 0 Å². The van der Waals surface area contributed by atoms with E-state index in [1.165, 1.54) is 0 Å². The van der Waals surface area contributed by atoms with Crippen LogP contribution >= 0.6 is 0 Å². The van der Waals surface area contributed by atoms with Gasteiger partial charge in [-0.2, -0.15) is 0 Å². The fraction of sp³-hybridized carbons (Fsp3) is 0.529. The molecule has 0 saturated carbocycles. The van der Waals surface area contributed by atoms with Gasteiger partial charge in [-0.05, 0) is 43.5 Å². The lowest BCUT2D eigenvalue weighted by molar-refractivity contribution is -0.122. The van der Waals surface area contributed by atoms with Crippen LogP contribution in [0.5, 0.6) is 5.75 Å². The first-order chi connectivity index (χ1) is 12.6. The Labute approximate surface area is 153 Å². The normalized spacial score (nSPS) is 11.4. The van der Waals surface area contributed by atoms with E-state index in [1.807, 2.05) is 12.1 Å². The Bertz CT molecular complexity index is 572. The summed E-state index contributed by atoms with van der Waals surface area (Å²) in [6, 6.07) is 6.28. The fourth-order valence-corrected chi connectivity index (χ4v) is 2.17. The van der Waals surface area contributed by atoms with Crippen LogP contribution in [0.1, 0.15) is 24.8 Å². The molecule has 144 valence electrons. The number of nitrogens with zero attached hydrogens (tertiary/aromatic N) is 2. The molecule has 7 N–H and O–H groups in total. The van der Waals surface area contributed by atoms with Crippen molar-refractivity contribution in [2.45, 2.75) is 31.7 Å². The number of ether oxygens (including phenoxy) is 1. The summed E-state index contributed by atoms with van der Waals surface area (Å²) in [6.07, 6.45) is 2.48. The highest BCUT2D eigenvalue weighted by molar-refractivity contribution is 5.82. The summed E-state index contributed by atoms with van der Waals surface area (Å²) in [4.78, 5) is 26.9. The van der Waals surface area contributed by atoms with Crippen LogP contribution in [0.4, 0.5) is 0 Å². The van der Waals surface area contributed by atoms with Crippen molar-refractivity contribution in [2.24, 2.45) is 27.4 Å². The number of amides is 1. The monoisotopic (exact) mass is 364 g/mol. The van der Waals surface area contributed by atoms with Crippen molar-refractivity contribution in [3.05, 3.63) is 34.7 Å². The van der Waals surface area contributed by atoms with E-state index < -0.39 is 6.04 Å². The Hall–Kier alpha value is -2.68. The zero-order valence-electron chi connectivity index (χ0n) is 14.9. The summed E-state index contributed by atoms with van der Waals surface area (Å²) in [5.41, 5.74) is 16.7. The maximum Gasteiger partial charge on any atom is 0.248 e. The van der Waals surface area contributed by atoms with Gasteiger partial charge in [0.1, 0.15) is 5.75 Å². The van der Waals surface area contributed by atoms with Crippen LogP contribution in [0, 0.1) is 4.91 Å². The van der Waals surface area contributed by atoms with Crippen molar-refractivity contribution in [1.82, 2.24) is 5.32 Å². The topological polar surface area (TPSA) is 158 Å². The predicted molar refractivity (Wildman–Crippen MR) is 102 cm³/mol. The first kappa shape index (κ1) is 21.4. The average molecular weight is 364 g/mol. The summed E-state index contributed by atoms with van der Waals surface area (Å²) < 4.78 is 5.51. The molecule has 1 rings (SSSR count). The smallest absolute Gasteiger partial charge is 0.248 e. The molecule has 0 aromatic heterocycles. The minimum atomic E-state index is -0.961. The molecule has 0 bridgehead atoms. The zero-order chi connectivity index (χ0) is 19.2. The molecule has 1 amide bonds.